The molecule has 0 atom stereocenters. The predicted octanol–water partition coefficient (Wildman–Crippen LogP) is 2.29. The SMILES string of the molecule is COC(=O)CNC(=O)c1ccc(NS(=O)(=O)c2cccc(OC(F)(F)F)c2)cc1. The summed E-state index contributed by atoms with van der Waals surface area (Å²) in [4.78, 5) is 22.4. The monoisotopic (exact) mass is 432 g/mol. The van der Waals surface area contributed by atoms with Gasteiger partial charge in [0.1, 0.15) is 12.3 Å². The van der Waals surface area contributed by atoms with Crippen LogP contribution in [0.3, 0.4) is 0 Å². The van der Waals surface area contributed by atoms with Gasteiger partial charge in [-0.15, -0.1) is 13.2 Å². The zero-order valence-electron chi connectivity index (χ0n) is 14.8. The van der Waals surface area contributed by atoms with Gasteiger partial charge in [-0.3, -0.25) is 14.3 Å². The van der Waals surface area contributed by atoms with Crippen LogP contribution in [0.25, 0.3) is 0 Å². The zero-order valence-corrected chi connectivity index (χ0v) is 15.6. The van der Waals surface area contributed by atoms with Crippen LogP contribution in [0.15, 0.2) is 53.4 Å². The highest BCUT2D eigenvalue weighted by Gasteiger charge is 2.31. The number of esters is 1. The average Bonchev–Trinajstić information content (AvgIpc) is 2.65. The predicted molar refractivity (Wildman–Crippen MR) is 94.7 cm³/mol. The number of anilines is 1. The van der Waals surface area contributed by atoms with Gasteiger partial charge in [-0.2, -0.15) is 0 Å². The van der Waals surface area contributed by atoms with Gasteiger partial charge in [0.2, 0.25) is 0 Å². The van der Waals surface area contributed by atoms with Gasteiger partial charge >= 0.3 is 12.3 Å². The molecule has 29 heavy (non-hydrogen) atoms. The fourth-order valence-electron chi connectivity index (χ4n) is 2.07. The van der Waals surface area contributed by atoms with Crippen LogP contribution in [0, 0.1) is 0 Å². The van der Waals surface area contributed by atoms with Crippen molar-refractivity contribution in [1.29, 1.82) is 0 Å². The van der Waals surface area contributed by atoms with Crippen molar-refractivity contribution >= 4 is 27.6 Å². The van der Waals surface area contributed by atoms with Gasteiger partial charge in [0.15, 0.2) is 0 Å². The van der Waals surface area contributed by atoms with Crippen molar-refractivity contribution < 1.29 is 40.7 Å². The van der Waals surface area contributed by atoms with E-state index < -0.39 is 38.9 Å². The molecule has 0 aliphatic heterocycles. The van der Waals surface area contributed by atoms with Gasteiger partial charge in [-0.1, -0.05) is 6.07 Å². The van der Waals surface area contributed by atoms with Crippen LogP contribution in [0.4, 0.5) is 18.9 Å². The molecule has 0 heterocycles. The molecule has 1 amide bonds. The Morgan fingerprint density at radius 3 is 2.31 bits per heavy atom. The maximum absolute atomic E-state index is 12.4. The number of rotatable bonds is 7. The standard InChI is InChI=1S/C17H15F3N2O6S/c1-27-15(23)10-21-16(24)11-5-7-12(8-6-11)22-29(25,26)14-4-2-3-13(9-14)28-17(18,19)20/h2-9,22H,10H2,1H3,(H,21,24). The quantitative estimate of drug-likeness (QED) is 0.650. The average molecular weight is 432 g/mol. The number of sulfonamides is 1. The van der Waals surface area contributed by atoms with E-state index in [1.54, 1.807) is 0 Å². The molecule has 0 aliphatic rings. The lowest BCUT2D eigenvalue weighted by Gasteiger charge is -2.12. The topological polar surface area (TPSA) is 111 Å². The molecular weight excluding hydrogens is 417 g/mol. The minimum atomic E-state index is -4.96. The summed E-state index contributed by atoms with van der Waals surface area (Å²) in [6.07, 6.45) is -4.96. The van der Waals surface area contributed by atoms with Crippen molar-refractivity contribution in [2.24, 2.45) is 0 Å². The highest BCUT2D eigenvalue weighted by Crippen LogP contribution is 2.26. The van der Waals surface area contributed by atoms with Crippen molar-refractivity contribution in [3.05, 3.63) is 54.1 Å². The summed E-state index contributed by atoms with van der Waals surface area (Å²) in [5.41, 5.74) is 0.217. The second-order valence-electron chi connectivity index (χ2n) is 5.46. The number of hydrogen-bond donors (Lipinski definition) is 2. The van der Waals surface area contributed by atoms with Crippen LogP contribution in [-0.4, -0.2) is 40.3 Å². The van der Waals surface area contributed by atoms with Gasteiger partial charge in [-0.25, -0.2) is 8.42 Å². The molecule has 2 rings (SSSR count). The summed E-state index contributed by atoms with van der Waals surface area (Å²) in [6, 6.07) is 9.05. The number of ether oxygens (including phenoxy) is 2. The van der Waals surface area contributed by atoms with Crippen molar-refractivity contribution in [2.75, 3.05) is 18.4 Å². The molecule has 0 aromatic heterocycles. The van der Waals surface area contributed by atoms with Crippen LogP contribution in [0.1, 0.15) is 10.4 Å². The van der Waals surface area contributed by atoms with E-state index >= 15 is 0 Å². The Morgan fingerprint density at radius 1 is 1.07 bits per heavy atom. The fourth-order valence-corrected chi connectivity index (χ4v) is 3.16. The van der Waals surface area contributed by atoms with Crippen LogP contribution in [0.2, 0.25) is 0 Å². The largest absolute Gasteiger partial charge is 0.573 e. The van der Waals surface area contributed by atoms with Gasteiger partial charge < -0.3 is 14.8 Å². The molecule has 2 aromatic carbocycles. The molecule has 0 saturated carbocycles. The molecule has 0 unspecified atom stereocenters. The van der Waals surface area contributed by atoms with Crippen LogP contribution < -0.4 is 14.8 Å². The molecule has 12 heteroatoms. The highest BCUT2D eigenvalue weighted by molar-refractivity contribution is 7.92. The van der Waals surface area contributed by atoms with Gasteiger partial charge in [-0.05, 0) is 36.4 Å². The normalized spacial score (nSPS) is 11.4. The first-order chi connectivity index (χ1) is 13.5. The first kappa shape index (κ1) is 22.0. The van der Waals surface area contributed by atoms with E-state index in [9.17, 15) is 31.2 Å². The molecule has 0 fully saturated rings. The van der Waals surface area contributed by atoms with Gasteiger partial charge in [0.25, 0.3) is 15.9 Å². The van der Waals surface area contributed by atoms with E-state index in [4.69, 9.17) is 0 Å². The number of carbonyl (C=O) groups is 2. The Kier molecular flexibility index (Phi) is 6.69. The molecule has 156 valence electrons. The van der Waals surface area contributed by atoms with Crippen molar-refractivity contribution in [2.45, 2.75) is 11.3 Å². The van der Waals surface area contributed by atoms with E-state index in [1.807, 2.05) is 0 Å². The van der Waals surface area contributed by atoms with E-state index in [2.05, 4.69) is 19.5 Å². The molecule has 0 saturated heterocycles. The molecule has 8 nitrogen and oxygen atoms in total. The minimum absolute atomic E-state index is 0.0664. The van der Waals surface area contributed by atoms with E-state index in [0.717, 1.165) is 24.3 Å². The zero-order chi connectivity index (χ0) is 21.7. The Balaban J connectivity index is 2.10. The second kappa shape index (κ2) is 8.82. The van der Waals surface area contributed by atoms with Gasteiger partial charge in [0.05, 0.1) is 12.0 Å². The Morgan fingerprint density at radius 2 is 1.72 bits per heavy atom. The number of carbonyl (C=O) groups excluding carboxylic acids is 2. The molecule has 2 N–H and O–H groups in total. The summed E-state index contributed by atoms with van der Waals surface area (Å²) in [7, 11) is -3.04. The molecule has 0 aliphatic carbocycles. The minimum Gasteiger partial charge on any atom is -0.468 e. The third-order valence-electron chi connectivity index (χ3n) is 3.37. The van der Waals surface area contributed by atoms with E-state index in [1.165, 1.54) is 31.4 Å². The first-order valence-corrected chi connectivity index (χ1v) is 9.32. The van der Waals surface area contributed by atoms with E-state index in [-0.39, 0.29) is 17.8 Å². The lowest BCUT2D eigenvalue weighted by molar-refractivity contribution is -0.274. The Labute approximate surface area is 163 Å². The molecule has 0 spiro atoms. The summed E-state index contributed by atoms with van der Waals surface area (Å²) in [5.74, 6) is -1.90. The third-order valence-corrected chi connectivity index (χ3v) is 4.75. The molecular formula is C17H15F3N2O6S. The number of methoxy groups -OCH3 is 1. The molecule has 2 aromatic rings. The van der Waals surface area contributed by atoms with Crippen LogP contribution in [0.5, 0.6) is 5.75 Å². The number of nitrogens with one attached hydrogen (secondary N) is 2. The number of amides is 1. The highest BCUT2D eigenvalue weighted by atomic mass is 32.2. The maximum atomic E-state index is 12.4. The number of benzene rings is 2. The summed E-state index contributed by atoms with van der Waals surface area (Å²) in [6.45, 7) is -0.333. The summed E-state index contributed by atoms with van der Waals surface area (Å²) < 4.78 is 71.9. The van der Waals surface area contributed by atoms with Crippen LogP contribution >= 0.6 is 0 Å². The van der Waals surface area contributed by atoms with Crippen LogP contribution in [-0.2, 0) is 19.6 Å². The molecule has 0 radical (unpaired) electrons. The fraction of sp³-hybridized carbons (Fsp3) is 0.176. The van der Waals surface area contributed by atoms with Crippen molar-refractivity contribution in [3.8, 4) is 5.75 Å². The Hall–Kier alpha value is -3.28. The maximum Gasteiger partial charge on any atom is 0.573 e. The molecule has 0 bridgehead atoms. The van der Waals surface area contributed by atoms with Crippen molar-refractivity contribution in [3.63, 3.8) is 0 Å². The smallest absolute Gasteiger partial charge is 0.468 e. The van der Waals surface area contributed by atoms with Crippen molar-refractivity contribution in [1.82, 2.24) is 5.32 Å². The number of alkyl halides is 3. The lowest BCUT2D eigenvalue weighted by Crippen LogP contribution is -2.30. The third kappa shape index (κ3) is 6.68. The number of halogens is 3. The summed E-state index contributed by atoms with van der Waals surface area (Å²) in [5, 5.41) is 2.31. The first-order valence-electron chi connectivity index (χ1n) is 7.84. The Bertz CT molecular complexity index is 991. The second-order valence-corrected chi connectivity index (χ2v) is 7.15. The van der Waals surface area contributed by atoms with E-state index in [0.29, 0.717) is 0 Å². The summed E-state index contributed by atoms with van der Waals surface area (Å²) >= 11 is 0. The number of hydrogen-bond acceptors (Lipinski definition) is 6. The lowest BCUT2D eigenvalue weighted by atomic mass is 10.2. The van der Waals surface area contributed by atoms with Gasteiger partial charge in [0, 0.05) is 17.3 Å².